The van der Waals surface area contributed by atoms with E-state index in [1.165, 1.54) is 17.0 Å². The highest BCUT2D eigenvalue weighted by molar-refractivity contribution is 5.33. The molecule has 0 atom stereocenters. The van der Waals surface area contributed by atoms with Crippen LogP contribution in [-0.2, 0) is 7.05 Å². The van der Waals surface area contributed by atoms with Crippen LogP contribution in [0.4, 0.5) is 5.82 Å². The van der Waals surface area contributed by atoms with Crippen LogP contribution in [0.2, 0.25) is 0 Å². The maximum absolute atomic E-state index is 11.8. The number of aryl methyl sites for hydroxylation is 1. The molecule has 0 aliphatic heterocycles. The van der Waals surface area contributed by atoms with Crippen LogP contribution < -0.4 is 16.4 Å². The van der Waals surface area contributed by atoms with E-state index in [1.807, 2.05) is 0 Å². The Kier molecular flexibility index (Phi) is 4.04. The van der Waals surface area contributed by atoms with Crippen molar-refractivity contribution in [3.8, 4) is 0 Å². The predicted molar refractivity (Wildman–Crippen MR) is 82.9 cm³/mol. The standard InChI is InChI=1S/C15H19N5O2/c1-19-10-16-13(9-15(19)22)18-11-4-6-12(7-5-11)20-14(21)3-2-8-17-20/h2-3,8-12,18H,4-7H2,1H3. The maximum atomic E-state index is 11.8. The first kappa shape index (κ1) is 14.5. The highest BCUT2D eigenvalue weighted by Crippen LogP contribution is 2.28. The number of aromatic nitrogens is 4. The zero-order chi connectivity index (χ0) is 15.5. The minimum Gasteiger partial charge on any atom is -0.367 e. The molecule has 7 nitrogen and oxygen atoms in total. The number of nitrogens with zero attached hydrogens (tertiary/aromatic N) is 4. The van der Waals surface area contributed by atoms with Crippen LogP contribution in [0, 0.1) is 0 Å². The lowest BCUT2D eigenvalue weighted by molar-refractivity contribution is 0.303. The van der Waals surface area contributed by atoms with Crippen LogP contribution in [0.3, 0.4) is 0 Å². The number of rotatable bonds is 3. The maximum Gasteiger partial charge on any atom is 0.266 e. The van der Waals surface area contributed by atoms with Crippen molar-refractivity contribution in [1.82, 2.24) is 19.3 Å². The molecule has 0 spiro atoms. The van der Waals surface area contributed by atoms with Crippen molar-refractivity contribution >= 4 is 5.82 Å². The Morgan fingerprint density at radius 3 is 2.64 bits per heavy atom. The van der Waals surface area contributed by atoms with Gasteiger partial charge in [0.25, 0.3) is 11.1 Å². The lowest BCUT2D eigenvalue weighted by Gasteiger charge is -2.29. The van der Waals surface area contributed by atoms with E-state index in [2.05, 4.69) is 15.4 Å². The zero-order valence-electron chi connectivity index (χ0n) is 12.5. The van der Waals surface area contributed by atoms with Gasteiger partial charge < -0.3 is 9.88 Å². The van der Waals surface area contributed by atoms with E-state index in [0.717, 1.165) is 25.7 Å². The fraction of sp³-hybridized carbons (Fsp3) is 0.467. The molecule has 2 aromatic rings. The largest absolute Gasteiger partial charge is 0.367 e. The fourth-order valence-electron chi connectivity index (χ4n) is 2.86. The molecular weight excluding hydrogens is 282 g/mol. The summed E-state index contributed by atoms with van der Waals surface area (Å²) in [5, 5.41) is 7.46. The van der Waals surface area contributed by atoms with Gasteiger partial charge in [-0.15, -0.1) is 0 Å². The molecule has 0 radical (unpaired) electrons. The Hall–Kier alpha value is -2.44. The molecule has 3 rings (SSSR count). The van der Waals surface area contributed by atoms with Gasteiger partial charge in [0.2, 0.25) is 0 Å². The summed E-state index contributed by atoms with van der Waals surface area (Å²) in [6.07, 6.45) is 6.78. The van der Waals surface area contributed by atoms with E-state index in [1.54, 1.807) is 30.1 Å². The van der Waals surface area contributed by atoms with E-state index < -0.39 is 0 Å². The third kappa shape index (κ3) is 3.08. The van der Waals surface area contributed by atoms with Gasteiger partial charge in [0.1, 0.15) is 5.82 Å². The van der Waals surface area contributed by atoms with Gasteiger partial charge in [0.05, 0.1) is 12.4 Å². The summed E-state index contributed by atoms with van der Waals surface area (Å²) in [5.74, 6) is 0.613. The normalized spacial score (nSPS) is 21.5. The number of hydrogen-bond acceptors (Lipinski definition) is 5. The summed E-state index contributed by atoms with van der Waals surface area (Å²) >= 11 is 0. The van der Waals surface area contributed by atoms with Crippen LogP contribution in [-0.4, -0.2) is 25.4 Å². The summed E-state index contributed by atoms with van der Waals surface area (Å²) in [5.41, 5.74) is -0.127. The van der Waals surface area contributed by atoms with Gasteiger partial charge in [-0.25, -0.2) is 9.67 Å². The molecule has 2 heterocycles. The Morgan fingerprint density at radius 1 is 1.18 bits per heavy atom. The van der Waals surface area contributed by atoms with E-state index in [-0.39, 0.29) is 23.2 Å². The first-order valence-electron chi connectivity index (χ1n) is 7.46. The van der Waals surface area contributed by atoms with Crippen LogP contribution in [0.1, 0.15) is 31.7 Å². The second-order valence-electron chi connectivity index (χ2n) is 5.68. The monoisotopic (exact) mass is 301 g/mol. The molecule has 1 aliphatic carbocycles. The predicted octanol–water partition coefficient (Wildman–Crippen LogP) is 0.933. The summed E-state index contributed by atoms with van der Waals surface area (Å²) in [6.45, 7) is 0. The summed E-state index contributed by atoms with van der Waals surface area (Å²) in [4.78, 5) is 27.6. The third-order valence-corrected chi connectivity index (χ3v) is 4.11. The molecule has 0 saturated heterocycles. The summed E-state index contributed by atoms with van der Waals surface area (Å²) < 4.78 is 3.02. The van der Waals surface area contributed by atoms with Crippen LogP contribution >= 0.6 is 0 Å². The topological polar surface area (TPSA) is 81.8 Å². The third-order valence-electron chi connectivity index (χ3n) is 4.11. The molecule has 22 heavy (non-hydrogen) atoms. The van der Waals surface area contributed by atoms with Gasteiger partial charge in [-0.3, -0.25) is 9.59 Å². The SMILES string of the molecule is Cn1cnc(NC2CCC(n3ncccc3=O)CC2)cc1=O. The average molecular weight is 301 g/mol. The van der Waals surface area contributed by atoms with E-state index in [9.17, 15) is 9.59 Å². The molecule has 2 aromatic heterocycles. The molecule has 1 aliphatic rings. The minimum atomic E-state index is -0.0776. The second-order valence-corrected chi connectivity index (χ2v) is 5.68. The van der Waals surface area contributed by atoms with Gasteiger partial charge >= 0.3 is 0 Å². The zero-order valence-corrected chi connectivity index (χ0v) is 12.5. The van der Waals surface area contributed by atoms with Crippen molar-refractivity contribution in [3.63, 3.8) is 0 Å². The van der Waals surface area contributed by atoms with Crippen molar-refractivity contribution < 1.29 is 0 Å². The fourth-order valence-corrected chi connectivity index (χ4v) is 2.86. The van der Waals surface area contributed by atoms with Gasteiger partial charge in [-0.05, 0) is 31.7 Å². The highest BCUT2D eigenvalue weighted by Gasteiger charge is 2.23. The van der Waals surface area contributed by atoms with Gasteiger partial charge in [0, 0.05) is 31.4 Å². The van der Waals surface area contributed by atoms with Crippen LogP contribution in [0.25, 0.3) is 0 Å². The molecule has 1 saturated carbocycles. The first-order chi connectivity index (χ1) is 10.6. The first-order valence-corrected chi connectivity index (χ1v) is 7.46. The number of nitrogens with one attached hydrogen (secondary N) is 1. The van der Waals surface area contributed by atoms with E-state index in [0.29, 0.717) is 5.82 Å². The molecule has 116 valence electrons. The lowest BCUT2D eigenvalue weighted by Crippen LogP contribution is -2.33. The minimum absolute atomic E-state index is 0.0490. The van der Waals surface area contributed by atoms with Crippen molar-refractivity contribution in [3.05, 3.63) is 51.4 Å². The van der Waals surface area contributed by atoms with E-state index >= 15 is 0 Å². The molecular formula is C15H19N5O2. The van der Waals surface area contributed by atoms with Gasteiger partial charge in [0.15, 0.2) is 0 Å². The van der Waals surface area contributed by atoms with Crippen molar-refractivity contribution in [2.45, 2.75) is 37.8 Å². The molecule has 0 amide bonds. The number of hydrogen-bond donors (Lipinski definition) is 1. The van der Waals surface area contributed by atoms with Crippen molar-refractivity contribution in [1.29, 1.82) is 0 Å². The molecule has 0 aromatic carbocycles. The Balaban J connectivity index is 1.62. The summed E-state index contributed by atoms with van der Waals surface area (Å²) in [6, 6.07) is 5.14. The second kappa shape index (κ2) is 6.13. The van der Waals surface area contributed by atoms with Gasteiger partial charge in [-0.2, -0.15) is 5.10 Å². The average Bonchev–Trinajstić information content (AvgIpc) is 2.52. The number of anilines is 1. The molecule has 0 unspecified atom stereocenters. The van der Waals surface area contributed by atoms with Gasteiger partial charge in [-0.1, -0.05) is 0 Å². The highest BCUT2D eigenvalue weighted by atomic mass is 16.1. The summed E-state index contributed by atoms with van der Waals surface area (Å²) in [7, 11) is 1.68. The molecule has 1 fully saturated rings. The molecule has 7 heteroatoms. The van der Waals surface area contributed by atoms with Crippen LogP contribution in [0.15, 0.2) is 40.3 Å². The quantitative estimate of drug-likeness (QED) is 0.912. The van der Waals surface area contributed by atoms with Crippen molar-refractivity contribution in [2.75, 3.05) is 5.32 Å². The Labute approximate surface area is 127 Å². The molecule has 1 N–H and O–H groups in total. The smallest absolute Gasteiger partial charge is 0.266 e. The van der Waals surface area contributed by atoms with Crippen molar-refractivity contribution in [2.24, 2.45) is 7.05 Å². The molecule has 0 bridgehead atoms. The Bertz CT molecular complexity index is 759. The van der Waals surface area contributed by atoms with Crippen LogP contribution in [0.5, 0.6) is 0 Å². The lowest BCUT2D eigenvalue weighted by atomic mass is 9.91. The van der Waals surface area contributed by atoms with E-state index in [4.69, 9.17) is 0 Å². The Morgan fingerprint density at radius 2 is 1.95 bits per heavy atom.